The van der Waals surface area contributed by atoms with Crippen LogP contribution in [-0.4, -0.2) is 35.5 Å². The molecule has 5 heterocycles. The zero-order valence-corrected chi connectivity index (χ0v) is 17.0. The Balaban J connectivity index is 1.25. The van der Waals surface area contributed by atoms with E-state index >= 15 is 0 Å². The molecule has 2 aliphatic heterocycles. The van der Waals surface area contributed by atoms with Gasteiger partial charge in [-0.05, 0) is 37.1 Å². The van der Waals surface area contributed by atoms with Crippen molar-refractivity contribution in [3.63, 3.8) is 0 Å². The first kappa shape index (κ1) is 17.9. The lowest BCUT2D eigenvalue weighted by Gasteiger charge is -2.34. The van der Waals surface area contributed by atoms with Gasteiger partial charge in [0, 0.05) is 30.5 Å². The summed E-state index contributed by atoms with van der Waals surface area (Å²) in [5.41, 5.74) is 7.84. The van der Waals surface area contributed by atoms with E-state index in [-0.39, 0.29) is 17.7 Å². The Kier molecular flexibility index (Phi) is 3.75. The number of rotatable bonds is 5. The normalized spacial score (nSPS) is 18.1. The summed E-state index contributed by atoms with van der Waals surface area (Å²) < 4.78 is 6.80. The first-order valence-corrected chi connectivity index (χ1v) is 10.2. The molecule has 6 rings (SSSR count). The zero-order chi connectivity index (χ0) is 21.1. The molecule has 9 heteroatoms. The number of carbonyl (C=O) groups is 1. The number of fused-ring (bicyclic) bond motifs is 2. The van der Waals surface area contributed by atoms with Crippen LogP contribution in [0, 0.1) is 12.8 Å². The van der Waals surface area contributed by atoms with Crippen molar-refractivity contribution in [1.29, 1.82) is 0 Å². The second-order valence-corrected chi connectivity index (χ2v) is 7.99. The van der Waals surface area contributed by atoms with Crippen molar-refractivity contribution in [2.24, 2.45) is 5.92 Å². The summed E-state index contributed by atoms with van der Waals surface area (Å²) in [5.74, 6) is 1.80. The van der Waals surface area contributed by atoms with Gasteiger partial charge in [0.05, 0.1) is 23.3 Å². The van der Waals surface area contributed by atoms with E-state index in [9.17, 15) is 4.79 Å². The number of aryl methyl sites for hydroxylation is 1. The smallest absolute Gasteiger partial charge is 0.228 e. The number of nitrogens with zero attached hydrogens (tertiary/aromatic N) is 6. The maximum absolute atomic E-state index is 12.0. The van der Waals surface area contributed by atoms with E-state index in [4.69, 9.17) is 9.62 Å². The molecule has 1 fully saturated rings. The summed E-state index contributed by atoms with van der Waals surface area (Å²) in [6.07, 6.45) is 9.60. The molecule has 9 nitrogen and oxygen atoms in total. The zero-order valence-electron chi connectivity index (χ0n) is 17.0. The standard InChI is InChI=1S/C22H19N7O2/c1-12(18-9-16-6-5-15(10-28(16)18)21-23-13(2)31-27-21)17-7-8-20-24-19(11-29(20)26-17)25-22(30)14-3-4-14/h5-8,10-12,14H,3-4H2,1-2H3,(H,25,30). The van der Waals surface area contributed by atoms with Gasteiger partial charge < -0.3 is 14.7 Å². The number of amides is 1. The van der Waals surface area contributed by atoms with Gasteiger partial charge in [-0.15, -0.1) is 0 Å². The molecular formula is C22H19N7O2. The minimum Gasteiger partial charge on any atom is -0.339 e. The van der Waals surface area contributed by atoms with Crippen LogP contribution in [0.1, 0.15) is 43.1 Å². The van der Waals surface area contributed by atoms with Crippen LogP contribution < -0.4 is 5.32 Å². The van der Waals surface area contributed by atoms with Gasteiger partial charge in [0.2, 0.25) is 17.6 Å². The molecule has 1 aliphatic carbocycles. The van der Waals surface area contributed by atoms with E-state index in [1.54, 1.807) is 17.6 Å². The second-order valence-electron chi connectivity index (χ2n) is 7.99. The third-order valence-electron chi connectivity index (χ3n) is 5.64. The third kappa shape index (κ3) is 3.06. The quantitative estimate of drug-likeness (QED) is 0.641. The number of carbonyl (C=O) groups excluding carboxylic acids is 1. The van der Waals surface area contributed by atoms with Gasteiger partial charge in [-0.2, -0.15) is 10.1 Å². The molecule has 31 heavy (non-hydrogen) atoms. The molecule has 154 valence electrons. The molecule has 3 aromatic rings. The molecule has 1 atom stereocenters. The predicted octanol–water partition coefficient (Wildman–Crippen LogP) is 3.17. The van der Waals surface area contributed by atoms with Gasteiger partial charge in [-0.1, -0.05) is 17.8 Å². The molecule has 3 aromatic heterocycles. The lowest BCUT2D eigenvalue weighted by atomic mass is 9.96. The highest BCUT2D eigenvalue weighted by Crippen LogP contribution is 2.37. The van der Waals surface area contributed by atoms with Crippen LogP contribution in [0.5, 0.6) is 0 Å². The molecular weight excluding hydrogens is 394 g/mol. The van der Waals surface area contributed by atoms with E-state index in [0.29, 0.717) is 23.2 Å². The molecule has 1 N–H and O–H groups in total. The van der Waals surface area contributed by atoms with Crippen LogP contribution in [0.2, 0.25) is 0 Å². The average Bonchev–Trinajstić information content (AvgIpc) is 3.39. The van der Waals surface area contributed by atoms with E-state index < -0.39 is 0 Å². The lowest BCUT2D eigenvalue weighted by Crippen LogP contribution is -2.27. The maximum atomic E-state index is 12.0. The monoisotopic (exact) mass is 413 g/mol. The molecule has 0 radical (unpaired) electrons. The van der Waals surface area contributed by atoms with Crippen molar-refractivity contribution in [2.75, 3.05) is 5.32 Å². The van der Waals surface area contributed by atoms with E-state index in [1.807, 2.05) is 30.5 Å². The number of allylic oxidation sites excluding steroid dienone is 3. The van der Waals surface area contributed by atoms with Crippen LogP contribution in [0.4, 0.5) is 5.82 Å². The molecule has 0 saturated heterocycles. The average molecular weight is 413 g/mol. The summed E-state index contributed by atoms with van der Waals surface area (Å²) in [5, 5.41) is 11.6. The van der Waals surface area contributed by atoms with Crippen molar-refractivity contribution >= 4 is 22.9 Å². The van der Waals surface area contributed by atoms with Gasteiger partial charge in [-0.3, -0.25) is 4.79 Å². The summed E-state index contributed by atoms with van der Waals surface area (Å²) >= 11 is 0. The fourth-order valence-electron chi connectivity index (χ4n) is 3.71. The van der Waals surface area contributed by atoms with Gasteiger partial charge >= 0.3 is 0 Å². The van der Waals surface area contributed by atoms with Crippen LogP contribution in [0.3, 0.4) is 0 Å². The van der Waals surface area contributed by atoms with Crippen LogP contribution in [0.15, 0.2) is 58.3 Å². The van der Waals surface area contributed by atoms with Gasteiger partial charge in [0.25, 0.3) is 0 Å². The van der Waals surface area contributed by atoms with E-state index in [1.165, 1.54) is 0 Å². The van der Waals surface area contributed by atoms with Crippen LogP contribution >= 0.6 is 0 Å². The topological polar surface area (TPSA) is 101 Å². The Morgan fingerprint density at radius 2 is 2.16 bits per heavy atom. The van der Waals surface area contributed by atoms with E-state index in [0.717, 1.165) is 35.5 Å². The van der Waals surface area contributed by atoms with Crippen LogP contribution in [0.25, 0.3) is 11.2 Å². The largest absolute Gasteiger partial charge is 0.339 e. The Hall–Kier alpha value is -3.97. The van der Waals surface area contributed by atoms with Crippen LogP contribution in [-0.2, 0) is 4.79 Å². The number of anilines is 1. The number of aromatic nitrogens is 5. The van der Waals surface area contributed by atoms with Crippen molar-refractivity contribution in [1.82, 2.24) is 29.6 Å². The third-order valence-corrected chi connectivity index (χ3v) is 5.64. The number of nitrogens with one attached hydrogen (secondary N) is 1. The van der Waals surface area contributed by atoms with Crippen molar-refractivity contribution in [3.05, 3.63) is 71.2 Å². The molecule has 3 aliphatic rings. The first-order chi connectivity index (χ1) is 15.0. The SMILES string of the molecule is Cc1nc(C2=CN3C(=C=C3C(C)c3ccc4nc(NC(=O)C5CC5)cn4n3)C=C2)no1. The molecule has 0 aromatic carbocycles. The fraction of sp³-hybridized carbons (Fsp3) is 0.273. The van der Waals surface area contributed by atoms with Crippen molar-refractivity contribution in [2.45, 2.75) is 32.6 Å². The fourth-order valence-corrected chi connectivity index (χ4v) is 3.71. The Labute approximate surface area is 177 Å². The van der Waals surface area contributed by atoms with Crippen molar-refractivity contribution in [3.8, 4) is 0 Å². The number of imidazole rings is 1. The minimum atomic E-state index is 0.0102. The summed E-state index contributed by atoms with van der Waals surface area (Å²) in [4.78, 5) is 22.8. The molecule has 1 amide bonds. The highest BCUT2D eigenvalue weighted by atomic mass is 16.5. The molecule has 0 bridgehead atoms. The minimum absolute atomic E-state index is 0.0102. The lowest BCUT2D eigenvalue weighted by molar-refractivity contribution is -0.117. The van der Waals surface area contributed by atoms with E-state index in [2.05, 4.69) is 38.0 Å². The second kappa shape index (κ2) is 6.52. The number of hydrogen-bond acceptors (Lipinski definition) is 7. The highest BCUT2D eigenvalue weighted by Gasteiger charge is 2.31. The Morgan fingerprint density at radius 1 is 1.29 bits per heavy atom. The Bertz CT molecular complexity index is 1370. The predicted molar refractivity (Wildman–Crippen MR) is 111 cm³/mol. The van der Waals surface area contributed by atoms with Crippen molar-refractivity contribution < 1.29 is 9.32 Å². The Morgan fingerprint density at radius 3 is 2.94 bits per heavy atom. The van der Waals surface area contributed by atoms with Gasteiger partial charge in [-0.25, -0.2) is 9.50 Å². The molecule has 1 unspecified atom stereocenters. The summed E-state index contributed by atoms with van der Waals surface area (Å²) in [7, 11) is 0. The molecule has 1 saturated carbocycles. The first-order valence-electron chi connectivity index (χ1n) is 10.2. The highest BCUT2D eigenvalue weighted by molar-refractivity contribution is 5.93. The summed E-state index contributed by atoms with van der Waals surface area (Å²) in [6.45, 7) is 3.86. The van der Waals surface area contributed by atoms with Gasteiger partial charge in [0.15, 0.2) is 11.5 Å². The van der Waals surface area contributed by atoms with Gasteiger partial charge in [0.1, 0.15) is 0 Å². The number of hydrogen-bond donors (Lipinski definition) is 1. The summed E-state index contributed by atoms with van der Waals surface area (Å²) in [6, 6.07) is 3.87. The molecule has 0 spiro atoms. The maximum Gasteiger partial charge on any atom is 0.228 e.